The lowest BCUT2D eigenvalue weighted by Crippen LogP contribution is -2.71. The van der Waals surface area contributed by atoms with Crippen molar-refractivity contribution in [2.45, 2.75) is 219 Å². The number of nitro benzene ring substituents is 1. The van der Waals surface area contributed by atoms with E-state index in [4.69, 9.17) is 42.6 Å². The molecule has 1 aromatic rings. The van der Waals surface area contributed by atoms with Crippen LogP contribution in [0.25, 0.3) is 0 Å². The van der Waals surface area contributed by atoms with Gasteiger partial charge in [0.25, 0.3) is 5.69 Å². The number of ether oxygens (including phenoxy) is 9. The number of carbonyl (C=O) groups is 6. The van der Waals surface area contributed by atoms with Crippen molar-refractivity contribution in [1.82, 2.24) is 31.5 Å². The van der Waals surface area contributed by atoms with Crippen LogP contribution >= 0.6 is 0 Å². The fourth-order valence-corrected chi connectivity index (χ4v) is 8.81. The smallest absolute Gasteiger partial charge is 0.437 e. The molecule has 81 heavy (non-hydrogen) atoms. The Morgan fingerprint density at radius 3 is 1.80 bits per heavy atom. The van der Waals surface area contributed by atoms with Gasteiger partial charge in [-0.25, -0.2) is 28.8 Å². The average Bonchev–Trinajstić information content (AvgIpc) is 3.41. The molecule has 2 heterocycles. The van der Waals surface area contributed by atoms with Gasteiger partial charge in [-0.15, -0.1) is 4.99 Å². The largest absolute Gasteiger partial charge is 0.491 e. The molecule has 4 rings (SSSR count). The molecule has 1 aliphatic carbocycles. The molecular formula is C53H84N8O20. The minimum absolute atomic E-state index is 0.0621. The Hall–Kier alpha value is -6.75. The number of amides is 6. The van der Waals surface area contributed by atoms with Crippen molar-refractivity contribution in [2.24, 2.45) is 10.9 Å². The number of guanidine groups is 1. The first-order chi connectivity index (χ1) is 37.0. The van der Waals surface area contributed by atoms with E-state index in [9.17, 15) is 54.2 Å². The fraction of sp³-hybridized carbons (Fsp3) is 0.717. The maximum Gasteiger partial charge on any atom is 0.437 e. The number of nitro groups is 1. The van der Waals surface area contributed by atoms with Crippen molar-refractivity contribution < 1.29 is 91.6 Å². The first-order valence-electron chi connectivity index (χ1n) is 26.4. The monoisotopic (exact) mass is 1150 g/mol. The van der Waals surface area contributed by atoms with E-state index in [0.717, 1.165) is 4.90 Å². The van der Waals surface area contributed by atoms with Gasteiger partial charge < -0.3 is 84.1 Å². The summed E-state index contributed by atoms with van der Waals surface area (Å²) in [5, 5.41) is 61.5. The summed E-state index contributed by atoms with van der Waals surface area (Å²) in [6.45, 7) is 24.3. The lowest BCUT2D eigenvalue weighted by atomic mass is 9.72. The minimum Gasteiger partial charge on any atom is -0.491 e. The van der Waals surface area contributed by atoms with E-state index in [1.165, 1.54) is 44.3 Å². The van der Waals surface area contributed by atoms with Crippen LogP contribution in [0.2, 0.25) is 0 Å². The highest BCUT2D eigenvalue weighted by atomic mass is 16.7. The number of hydrogen-bond donors (Lipinski definition) is 8. The Morgan fingerprint density at radius 2 is 1.27 bits per heavy atom. The second-order valence-corrected chi connectivity index (χ2v) is 25.1. The Balaban J connectivity index is 1.89. The summed E-state index contributed by atoms with van der Waals surface area (Å²) < 4.78 is 52.3. The highest BCUT2D eigenvalue weighted by molar-refractivity contribution is 5.99. The first kappa shape index (κ1) is 66.8. The van der Waals surface area contributed by atoms with Crippen LogP contribution in [-0.4, -0.2) is 176 Å². The maximum atomic E-state index is 13.9. The second kappa shape index (κ2) is 26.4. The summed E-state index contributed by atoms with van der Waals surface area (Å²) in [6.07, 6.45) is -13.5. The van der Waals surface area contributed by atoms with E-state index in [0.29, 0.717) is 5.56 Å². The molecule has 0 spiro atoms. The zero-order valence-corrected chi connectivity index (χ0v) is 49.3. The van der Waals surface area contributed by atoms with Gasteiger partial charge in [-0.2, -0.15) is 0 Å². The molecule has 2 fully saturated rings. The number of aliphatic hydroxyl groups excluding tert-OH is 2. The van der Waals surface area contributed by atoms with Gasteiger partial charge in [-0.05, 0) is 147 Å². The maximum absolute atomic E-state index is 13.9. The van der Waals surface area contributed by atoms with E-state index in [-0.39, 0.29) is 37.4 Å². The van der Waals surface area contributed by atoms with Gasteiger partial charge in [0.2, 0.25) is 5.96 Å². The van der Waals surface area contributed by atoms with Crippen molar-refractivity contribution >= 4 is 48.2 Å². The summed E-state index contributed by atoms with van der Waals surface area (Å²) >= 11 is 0. The molecule has 0 radical (unpaired) electrons. The predicted octanol–water partition coefficient (Wildman–Crippen LogP) is 5.52. The number of carbonyl (C=O) groups excluding carboxylic acids is 6. The minimum atomic E-state index is -1.92. The molecule has 28 nitrogen and oxygen atoms in total. The van der Waals surface area contributed by atoms with Crippen molar-refractivity contribution in [3.05, 3.63) is 51.8 Å². The lowest BCUT2D eigenvalue weighted by molar-refractivity contribution is -0.384. The number of rotatable bonds is 12. The molecule has 3 aliphatic rings. The third-order valence-corrected chi connectivity index (χ3v) is 11.8. The standard InChI is InChI=1S/C53H84N8O20/c1-48(2,3)77-43(65)56-32-24-33(57-44(66)78-49(4,5)6)38(76-40-36(63)39(53(16,70)27-74-40)60(17)47(69)81-52(13,14)15)35(62)34(32)37-31(55-41(58-45(67)79-50(7,8)9)59-46(68)80-51(10,11)12)23-22-30(75-37)25-54-42(64)73-26-28-18-20-29(21-19-28)61(71)72/h18-22,31-40,62-63,70H,23-27H2,1-17H3,(H,54,64)(H,56,65)(H,57,66)(H2,55,58,59,67,68)/t31-,32+,33-,34?,35+,36-,37+,38+,39-,40-,53+/m1/s1. The molecule has 11 atom stereocenters. The van der Waals surface area contributed by atoms with Gasteiger partial charge in [0.05, 0.1) is 42.3 Å². The summed E-state index contributed by atoms with van der Waals surface area (Å²) in [4.78, 5) is 96.6. The number of nitrogens with one attached hydrogen (secondary N) is 5. The number of alkyl carbamates (subject to hydrolysis) is 4. The summed E-state index contributed by atoms with van der Waals surface area (Å²) in [5.74, 6) is -1.87. The molecule has 0 aromatic heterocycles. The summed E-state index contributed by atoms with van der Waals surface area (Å²) in [6, 6.07) is 0.0961. The molecule has 2 aliphatic heterocycles. The molecule has 456 valence electrons. The fourth-order valence-electron chi connectivity index (χ4n) is 8.81. The summed E-state index contributed by atoms with van der Waals surface area (Å²) in [5.41, 5.74) is -6.82. The molecule has 1 aromatic carbocycles. The highest BCUT2D eigenvalue weighted by Crippen LogP contribution is 2.39. The predicted molar refractivity (Wildman–Crippen MR) is 288 cm³/mol. The number of non-ortho nitro benzene ring substituents is 1. The van der Waals surface area contributed by atoms with Crippen molar-refractivity contribution in [3.8, 4) is 0 Å². The van der Waals surface area contributed by atoms with Crippen molar-refractivity contribution in [3.63, 3.8) is 0 Å². The number of nitrogens with zero attached hydrogens (tertiary/aromatic N) is 3. The lowest BCUT2D eigenvalue weighted by Gasteiger charge is -2.52. The number of aliphatic hydroxyl groups is 3. The Morgan fingerprint density at radius 1 is 0.741 bits per heavy atom. The van der Waals surface area contributed by atoms with Crippen LogP contribution in [-0.2, 0) is 49.2 Å². The van der Waals surface area contributed by atoms with Gasteiger partial charge in [-0.1, -0.05) is 0 Å². The van der Waals surface area contributed by atoms with Gasteiger partial charge >= 0.3 is 36.6 Å². The molecule has 28 heteroatoms. The normalized spacial score (nSPS) is 26.4. The van der Waals surface area contributed by atoms with Crippen molar-refractivity contribution in [1.29, 1.82) is 0 Å². The Bertz CT molecular complexity index is 2450. The van der Waals surface area contributed by atoms with Crippen LogP contribution in [0.4, 0.5) is 34.5 Å². The van der Waals surface area contributed by atoms with E-state index >= 15 is 0 Å². The van der Waals surface area contributed by atoms with Crippen LogP contribution in [0.5, 0.6) is 0 Å². The highest BCUT2D eigenvalue weighted by Gasteiger charge is 2.57. The van der Waals surface area contributed by atoms with Crippen LogP contribution in [0.15, 0.2) is 41.1 Å². The molecule has 0 bridgehead atoms. The number of likely N-dealkylation sites (N-methyl/N-ethyl adjacent to an activating group) is 1. The van der Waals surface area contributed by atoms with Crippen LogP contribution in [0.1, 0.15) is 129 Å². The second-order valence-electron chi connectivity index (χ2n) is 25.1. The third kappa shape index (κ3) is 21.6. The van der Waals surface area contributed by atoms with E-state index in [1.807, 2.05) is 0 Å². The molecule has 1 saturated carbocycles. The van der Waals surface area contributed by atoms with E-state index in [2.05, 4.69) is 31.6 Å². The molecular weight excluding hydrogens is 1070 g/mol. The zero-order valence-electron chi connectivity index (χ0n) is 49.3. The SMILES string of the molecule is CN(C(=O)OC(C)(C)C)[C@@H]1[C@@H](O)[C@@H](O[C@H]2[C@H](NC(=O)OC(C)(C)C)C[C@H](NC(=O)OC(C)(C)C)C([C@H]3OC(CNC(=O)OCc4ccc([N+](=O)[O-])cc4)=CC[C@H]3N/C(=N/C(=O)OC(C)(C)C)NC(=O)OC(C)(C)C)[C@@H]2O)OC[C@]1(C)O. The van der Waals surface area contributed by atoms with Gasteiger partial charge in [-0.3, -0.25) is 15.4 Å². The van der Waals surface area contributed by atoms with Crippen molar-refractivity contribution in [2.75, 3.05) is 20.2 Å². The topological polar surface area (TPSA) is 365 Å². The summed E-state index contributed by atoms with van der Waals surface area (Å²) in [7, 11) is 1.30. The van der Waals surface area contributed by atoms with Crippen LogP contribution in [0, 0.1) is 16.0 Å². The quantitative estimate of drug-likeness (QED) is 0.0419. The van der Waals surface area contributed by atoms with E-state index in [1.54, 1.807) is 104 Å². The molecule has 1 unspecified atom stereocenters. The molecule has 6 amide bonds. The van der Waals surface area contributed by atoms with E-state index < -0.39 is 148 Å². The van der Waals surface area contributed by atoms with Gasteiger partial charge in [0, 0.05) is 31.1 Å². The number of benzene rings is 1. The molecule has 8 N–H and O–H groups in total. The average molecular weight is 1150 g/mol. The molecule has 1 saturated heterocycles. The van der Waals surface area contributed by atoms with Gasteiger partial charge in [0.1, 0.15) is 64.3 Å². The van der Waals surface area contributed by atoms with Crippen LogP contribution < -0.4 is 26.6 Å². The number of aliphatic imine (C=N–C) groups is 1. The third-order valence-electron chi connectivity index (χ3n) is 11.8. The first-order valence-corrected chi connectivity index (χ1v) is 26.4. The number of hydrogen-bond acceptors (Lipinski definition) is 20. The Kier molecular flexibility index (Phi) is 21.8. The zero-order chi connectivity index (χ0) is 61.4. The van der Waals surface area contributed by atoms with Gasteiger partial charge in [0.15, 0.2) is 6.29 Å². The van der Waals surface area contributed by atoms with Crippen LogP contribution in [0.3, 0.4) is 0 Å². The Labute approximate surface area is 471 Å².